The van der Waals surface area contributed by atoms with E-state index < -0.39 is 17.9 Å². The number of ether oxygens (including phenoxy) is 1. The summed E-state index contributed by atoms with van der Waals surface area (Å²) in [5, 5.41) is 7.92. The minimum absolute atomic E-state index is 0.134. The molecule has 0 spiro atoms. The lowest BCUT2D eigenvalue weighted by Crippen LogP contribution is -2.45. The molecule has 0 saturated carbocycles. The number of carbonyl (C=O) groups is 2. The van der Waals surface area contributed by atoms with E-state index in [0.29, 0.717) is 11.9 Å². The van der Waals surface area contributed by atoms with Gasteiger partial charge in [0.15, 0.2) is 5.69 Å². The van der Waals surface area contributed by atoms with Crippen LogP contribution in [0.3, 0.4) is 0 Å². The molecule has 0 bridgehead atoms. The number of amides is 1. The third-order valence-corrected chi connectivity index (χ3v) is 4.61. The van der Waals surface area contributed by atoms with Crippen LogP contribution in [0, 0.1) is 11.7 Å². The van der Waals surface area contributed by atoms with Gasteiger partial charge in [-0.3, -0.25) is 9.48 Å². The average molecular weight is 397 g/mol. The van der Waals surface area contributed by atoms with E-state index in [0.717, 1.165) is 11.1 Å². The fourth-order valence-electron chi connectivity index (χ4n) is 3.12. The number of hydrogen-bond donors (Lipinski definition) is 1. The Balaban J connectivity index is 1.91. The number of rotatable bonds is 7. The third kappa shape index (κ3) is 4.62. The van der Waals surface area contributed by atoms with Crippen molar-refractivity contribution in [1.82, 2.24) is 15.1 Å². The van der Waals surface area contributed by atoms with E-state index in [-0.39, 0.29) is 24.0 Å². The topological polar surface area (TPSA) is 73.2 Å². The summed E-state index contributed by atoms with van der Waals surface area (Å²) in [7, 11) is 0. The standard InChI is InChI=1S/C22H24FN3O3/c1-4-29-22(28)19(14(2)3)24-21(27)20-17-7-5-6-8-18(17)26(25-20)13-15-9-11-16(23)12-10-15/h5-12,14,19H,4,13H2,1-3H3,(H,24,27)/t19-/m0/s1. The zero-order chi connectivity index (χ0) is 21.0. The van der Waals surface area contributed by atoms with E-state index in [4.69, 9.17) is 4.74 Å². The highest BCUT2D eigenvalue weighted by molar-refractivity contribution is 6.06. The molecule has 1 amide bonds. The summed E-state index contributed by atoms with van der Waals surface area (Å²) in [5.74, 6) is -1.35. The van der Waals surface area contributed by atoms with Crippen molar-refractivity contribution in [3.8, 4) is 0 Å². The average Bonchev–Trinajstić information content (AvgIpc) is 3.06. The van der Waals surface area contributed by atoms with Crippen molar-refractivity contribution in [2.45, 2.75) is 33.4 Å². The predicted octanol–water partition coefficient (Wildman–Crippen LogP) is 3.54. The molecule has 0 aliphatic carbocycles. The van der Waals surface area contributed by atoms with Crippen LogP contribution in [0.2, 0.25) is 0 Å². The molecule has 0 fully saturated rings. The molecule has 0 saturated heterocycles. The van der Waals surface area contributed by atoms with Crippen molar-refractivity contribution < 1.29 is 18.7 Å². The minimum Gasteiger partial charge on any atom is -0.464 e. The maximum atomic E-state index is 13.2. The Morgan fingerprint density at radius 3 is 2.48 bits per heavy atom. The molecule has 0 aliphatic heterocycles. The summed E-state index contributed by atoms with van der Waals surface area (Å²) >= 11 is 0. The second-order valence-electron chi connectivity index (χ2n) is 7.10. The maximum Gasteiger partial charge on any atom is 0.328 e. The Morgan fingerprint density at radius 2 is 1.83 bits per heavy atom. The quantitative estimate of drug-likeness (QED) is 0.619. The van der Waals surface area contributed by atoms with Crippen LogP contribution in [-0.2, 0) is 16.1 Å². The lowest BCUT2D eigenvalue weighted by molar-refractivity contribution is -0.146. The van der Waals surface area contributed by atoms with Gasteiger partial charge in [-0.25, -0.2) is 9.18 Å². The monoisotopic (exact) mass is 397 g/mol. The highest BCUT2D eigenvalue weighted by Crippen LogP contribution is 2.20. The van der Waals surface area contributed by atoms with Crippen molar-refractivity contribution in [2.24, 2.45) is 5.92 Å². The molecule has 1 atom stereocenters. The zero-order valence-electron chi connectivity index (χ0n) is 16.7. The highest BCUT2D eigenvalue weighted by Gasteiger charge is 2.28. The lowest BCUT2D eigenvalue weighted by Gasteiger charge is -2.20. The summed E-state index contributed by atoms with van der Waals surface area (Å²) in [6.45, 7) is 6.04. The molecule has 7 heteroatoms. The first-order valence-electron chi connectivity index (χ1n) is 9.58. The Kier molecular flexibility index (Phi) is 6.26. The second-order valence-corrected chi connectivity index (χ2v) is 7.10. The van der Waals surface area contributed by atoms with Gasteiger partial charge in [0.05, 0.1) is 18.7 Å². The molecule has 3 rings (SSSR count). The van der Waals surface area contributed by atoms with E-state index >= 15 is 0 Å². The number of nitrogens with zero attached hydrogens (tertiary/aromatic N) is 2. The first kappa shape index (κ1) is 20.5. The van der Waals surface area contributed by atoms with Crippen LogP contribution in [0.1, 0.15) is 36.8 Å². The highest BCUT2D eigenvalue weighted by atomic mass is 19.1. The fourth-order valence-corrected chi connectivity index (χ4v) is 3.12. The van der Waals surface area contributed by atoms with E-state index in [9.17, 15) is 14.0 Å². The molecule has 152 valence electrons. The molecule has 1 heterocycles. The van der Waals surface area contributed by atoms with Gasteiger partial charge in [-0.1, -0.05) is 44.2 Å². The number of fused-ring (bicyclic) bond motifs is 1. The van der Waals surface area contributed by atoms with Crippen molar-refractivity contribution in [1.29, 1.82) is 0 Å². The van der Waals surface area contributed by atoms with Gasteiger partial charge in [0, 0.05) is 5.39 Å². The second kappa shape index (κ2) is 8.86. The summed E-state index contributed by atoms with van der Waals surface area (Å²) in [4.78, 5) is 25.1. The number of carbonyl (C=O) groups excluding carboxylic acids is 2. The molecule has 0 unspecified atom stereocenters. The maximum absolute atomic E-state index is 13.2. The van der Waals surface area contributed by atoms with Crippen molar-refractivity contribution >= 4 is 22.8 Å². The van der Waals surface area contributed by atoms with Crippen LogP contribution in [0.4, 0.5) is 4.39 Å². The SMILES string of the molecule is CCOC(=O)[C@@H](NC(=O)c1nn(Cc2ccc(F)cc2)c2ccccc12)C(C)C. The van der Waals surface area contributed by atoms with Crippen LogP contribution >= 0.6 is 0 Å². The number of halogens is 1. The van der Waals surface area contributed by atoms with E-state index in [1.807, 2.05) is 38.1 Å². The Labute approximate surface area is 168 Å². The van der Waals surface area contributed by atoms with Crippen molar-refractivity contribution in [3.05, 3.63) is 65.6 Å². The molecule has 0 radical (unpaired) electrons. The molecule has 1 N–H and O–H groups in total. The van der Waals surface area contributed by atoms with Gasteiger partial charge in [0.1, 0.15) is 11.9 Å². The normalized spacial score (nSPS) is 12.2. The number of benzene rings is 2. The molecular formula is C22H24FN3O3. The van der Waals surface area contributed by atoms with E-state index in [1.54, 1.807) is 23.7 Å². The Hall–Kier alpha value is -3.22. The number of esters is 1. The predicted molar refractivity (Wildman–Crippen MR) is 108 cm³/mol. The molecular weight excluding hydrogens is 373 g/mol. The fraction of sp³-hybridized carbons (Fsp3) is 0.318. The van der Waals surface area contributed by atoms with Crippen molar-refractivity contribution in [3.63, 3.8) is 0 Å². The Morgan fingerprint density at radius 1 is 1.14 bits per heavy atom. The number of nitrogens with one attached hydrogen (secondary N) is 1. The smallest absolute Gasteiger partial charge is 0.328 e. The summed E-state index contributed by atoms with van der Waals surface area (Å²) < 4.78 is 20.0. The summed E-state index contributed by atoms with van der Waals surface area (Å²) in [5.41, 5.74) is 1.87. The van der Waals surface area contributed by atoms with Gasteiger partial charge in [-0.15, -0.1) is 0 Å². The van der Waals surface area contributed by atoms with Gasteiger partial charge in [0.2, 0.25) is 0 Å². The van der Waals surface area contributed by atoms with Crippen LogP contribution in [0.25, 0.3) is 10.9 Å². The van der Waals surface area contributed by atoms with E-state index in [1.165, 1.54) is 12.1 Å². The molecule has 0 aliphatic rings. The van der Waals surface area contributed by atoms with E-state index in [2.05, 4.69) is 10.4 Å². The van der Waals surface area contributed by atoms with Gasteiger partial charge < -0.3 is 10.1 Å². The molecule has 2 aromatic carbocycles. The largest absolute Gasteiger partial charge is 0.464 e. The van der Waals surface area contributed by atoms with Crippen LogP contribution in [0.5, 0.6) is 0 Å². The number of hydrogen-bond acceptors (Lipinski definition) is 4. The first-order chi connectivity index (χ1) is 13.9. The lowest BCUT2D eigenvalue weighted by atomic mass is 10.0. The van der Waals surface area contributed by atoms with Gasteiger partial charge in [0.25, 0.3) is 5.91 Å². The summed E-state index contributed by atoms with van der Waals surface area (Å²) in [6, 6.07) is 12.8. The first-order valence-corrected chi connectivity index (χ1v) is 9.58. The number of para-hydroxylation sites is 1. The van der Waals surface area contributed by atoms with Crippen LogP contribution in [0.15, 0.2) is 48.5 Å². The van der Waals surface area contributed by atoms with Crippen LogP contribution in [-0.4, -0.2) is 34.3 Å². The van der Waals surface area contributed by atoms with Gasteiger partial charge >= 0.3 is 5.97 Å². The van der Waals surface area contributed by atoms with Gasteiger partial charge in [-0.05, 0) is 36.6 Å². The molecule has 3 aromatic rings. The zero-order valence-corrected chi connectivity index (χ0v) is 16.7. The van der Waals surface area contributed by atoms with Gasteiger partial charge in [-0.2, -0.15) is 5.10 Å². The minimum atomic E-state index is -0.761. The molecule has 6 nitrogen and oxygen atoms in total. The third-order valence-electron chi connectivity index (χ3n) is 4.61. The molecule has 29 heavy (non-hydrogen) atoms. The van der Waals surface area contributed by atoms with Crippen molar-refractivity contribution in [2.75, 3.05) is 6.61 Å². The summed E-state index contributed by atoms with van der Waals surface area (Å²) in [6.07, 6.45) is 0. The van der Waals surface area contributed by atoms with Crippen LogP contribution < -0.4 is 5.32 Å². The number of aromatic nitrogens is 2. The molecule has 1 aromatic heterocycles. The Bertz CT molecular complexity index is 1010.